The van der Waals surface area contributed by atoms with E-state index < -0.39 is 5.91 Å². The van der Waals surface area contributed by atoms with E-state index >= 15 is 0 Å². The predicted molar refractivity (Wildman–Crippen MR) is 63.0 cm³/mol. The van der Waals surface area contributed by atoms with E-state index in [4.69, 9.17) is 15.3 Å². The van der Waals surface area contributed by atoms with Crippen LogP contribution in [0.3, 0.4) is 0 Å². The van der Waals surface area contributed by atoms with Gasteiger partial charge in [0.1, 0.15) is 11.5 Å². The normalized spacial score (nSPS) is 9.75. The Morgan fingerprint density at radius 2 is 1.94 bits per heavy atom. The molecular formula is C10H14N2O3S. The molecule has 0 aromatic heterocycles. The molecule has 0 aliphatic carbocycles. The number of hydrazine groups is 1. The van der Waals surface area contributed by atoms with Gasteiger partial charge in [0.25, 0.3) is 5.91 Å². The summed E-state index contributed by atoms with van der Waals surface area (Å²) >= 11 is 1.51. The van der Waals surface area contributed by atoms with Crippen LogP contribution in [-0.4, -0.2) is 26.4 Å². The summed E-state index contributed by atoms with van der Waals surface area (Å²) in [5.74, 6) is 5.76. The van der Waals surface area contributed by atoms with Crippen molar-refractivity contribution in [1.29, 1.82) is 0 Å². The topological polar surface area (TPSA) is 73.6 Å². The Labute approximate surface area is 98.3 Å². The molecule has 3 N–H and O–H groups in total. The Morgan fingerprint density at radius 1 is 1.31 bits per heavy atom. The Kier molecular flexibility index (Phi) is 4.45. The van der Waals surface area contributed by atoms with Gasteiger partial charge in [-0.2, -0.15) is 0 Å². The van der Waals surface area contributed by atoms with Gasteiger partial charge in [-0.05, 0) is 18.4 Å². The van der Waals surface area contributed by atoms with Crippen LogP contribution in [0.2, 0.25) is 0 Å². The lowest BCUT2D eigenvalue weighted by atomic mass is 10.2. The fourth-order valence-electron chi connectivity index (χ4n) is 1.28. The summed E-state index contributed by atoms with van der Waals surface area (Å²) in [4.78, 5) is 12.4. The summed E-state index contributed by atoms with van der Waals surface area (Å²) < 4.78 is 10.3. The van der Waals surface area contributed by atoms with Gasteiger partial charge in [0.15, 0.2) is 0 Å². The minimum Gasteiger partial charge on any atom is -0.496 e. The number of carbonyl (C=O) groups excluding carboxylic acids is 1. The second-order valence-electron chi connectivity index (χ2n) is 2.88. The second-order valence-corrected chi connectivity index (χ2v) is 3.73. The zero-order valence-electron chi connectivity index (χ0n) is 9.37. The molecule has 1 aromatic rings. The number of methoxy groups -OCH3 is 2. The van der Waals surface area contributed by atoms with Crippen molar-refractivity contribution in [2.24, 2.45) is 5.84 Å². The van der Waals surface area contributed by atoms with Gasteiger partial charge >= 0.3 is 0 Å². The number of amides is 1. The first kappa shape index (κ1) is 12.7. The highest BCUT2D eigenvalue weighted by atomic mass is 32.2. The summed E-state index contributed by atoms with van der Waals surface area (Å²) in [6.45, 7) is 0. The molecule has 0 spiro atoms. The highest BCUT2D eigenvalue weighted by Gasteiger charge is 2.15. The van der Waals surface area contributed by atoms with Gasteiger partial charge in [0, 0.05) is 0 Å². The first-order valence-corrected chi connectivity index (χ1v) is 5.71. The van der Waals surface area contributed by atoms with E-state index in [1.807, 2.05) is 6.26 Å². The third kappa shape index (κ3) is 2.40. The fourth-order valence-corrected chi connectivity index (χ4v) is 1.85. The molecule has 1 aromatic carbocycles. The molecular weight excluding hydrogens is 228 g/mol. The molecule has 0 radical (unpaired) electrons. The quantitative estimate of drug-likeness (QED) is 0.357. The number of nitrogen functional groups attached to an aromatic ring is 1. The average molecular weight is 242 g/mol. The number of benzene rings is 1. The fraction of sp³-hybridized carbons (Fsp3) is 0.300. The molecule has 0 fully saturated rings. The molecule has 0 heterocycles. The SMILES string of the molecule is COc1cc(C(=O)NN)c(OC)cc1SC. The van der Waals surface area contributed by atoms with Crippen molar-refractivity contribution in [3.8, 4) is 11.5 Å². The molecule has 88 valence electrons. The monoisotopic (exact) mass is 242 g/mol. The maximum Gasteiger partial charge on any atom is 0.269 e. The van der Waals surface area contributed by atoms with Crippen molar-refractivity contribution >= 4 is 17.7 Å². The summed E-state index contributed by atoms with van der Waals surface area (Å²) in [6.07, 6.45) is 1.92. The molecule has 0 aliphatic heterocycles. The van der Waals surface area contributed by atoms with Gasteiger partial charge in [0.05, 0.1) is 24.7 Å². The second kappa shape index (κ2) is 5.62. The van der Waals surface area contributed by atoms with Gasteiger partial charge in [-0.3, -0.25) is 10.2 Å². The summed E-state index contributed by atoms with van der Waals surface area (Å²) in [5.41, 5.74) is 2.41. The van der Waals surface area contributed by atoms with Gasteiger partial charge in [-0.25, -0.2) is 5.84 Å². The van der Waals surface area contributed by atoms with E-state index in [1.54, 1.807) is 19.2 Å². The van der Waals surface area contributed by atoms with Crippen LogP contribution in [0.4, 0.5) is 0 Å². The van der Waals surface area contributed by atoms with Gasteiger partial charge in [-0.15, -0.1) is 11.8 Å². The van der Waals surface area contributed by atoms with Crippen LogP contribution >= 0.6 is 11.8 Å². The maximum atomic E-state index is 11.5. The number of rotatable bonds is 4. The Hall–Kier alpha value is -1.40. The van der Waals surface area contributed by atoms with Crippen molar-refractivity contribution in [3.63, 3.8) is 0 Å². The van der Waals surface area contributed by atoms with Crippen molar-refractivity contribution in [3.05, 3.63) is 17.7 Å². The molecule has 0 unspecified atom stereocenters. The van der Waals surface area contributed by atoms with E-state index in [2.05, 4.69) is 5.43 Å². The number of nitrogens with two attached hydrogens (primary N) is 1. The van der Waals surface area contributed by atoms with Crippen molar-refractivity contribution < 1.29 is 14.3 Å². The molecule has 1 amide bonds. The molecule has 5 nitrogen and oxygen atoms in total. The molecule has 0 saturated carbocycles. The average Bonchev–Trinajstić information content (AvgIpc) is 2.35. The lowest BCUT2D eigenvalue weighted by Crippen LogP contribution is -2.30. The zero-order chi connectivity index (χ0) is 12.1. The number of thioether (sulfide) groups is 1. The third-order valence-corrected chi connectivity index (χ3v) is 2.84. The van der Waals surface area contributed by atoms with Crippen LogP contribution < -0.4 is 20.7 Å². The molecule has 0 saturated heterocycles. The predicted octanol–water partition coefficient (Wildman–Crippen LogP) is 1.03. The Morgan fingerprint density at radius 3 is 2.38 bits per heavy atom. The first-order valence-electron chi connectivity index (χ1n) is 4.48. The zero-order valence-corrected chi connectivity index (χ0v) is 10.2. The highest BCUT2D eigenvalue weighted by molar-refractivity contribution is 7.98. The molecule has 0 aliphatic rings. The van der Waals surface area contributed by atoms with Crippen molar-refractivity contribution in [2.75, 3.05) is 20.5 Å². The summed E-state index contributed by atoms with van der Waals surface area (Å²) in [5, 5.41) is 0. The van der Waals surface area contributed by atoms with E-state index in [-0.39, 0.29) is 0 Å². The third-order valence-electron chi connectivity index (χ3n) is 2.08. The minimum atomic E-state index is -0.414. The molecule has 16 heavy (non-hydrogen) atoms. The lowest BCUT2D eigenvalue weighted by Gasteiger charge is -2.12. The standard InChI is InChI=1S/C10H14N2O3S/c1-14-7-5-9(16-3)8(15-2)4-6(7)10(13)12-11/h4-5H,11H2,1-3H3,(H,12,13). The van der Waals surface area contributed by atoms with E-state index in [0.717, 1.165) is 4.90 Å². The number of nitrogens with one attached hydrogen (secondary N) is 1. The summed E-state index contributed by atoms with van der Waals surface area (Å²) in [7, 11) is 3.05. The van der Waals surface area contributed by atoms with E-state index in [0.29, 0.717) is 17.1 Å². The van der Waals surface area contributed by atoms with Crippen molar-refractivity contribution in [1.82, 2.24) is 5.43 Å². The maximum absolute atomic E-state index is 11.5. The summed E-state index contributed by atoms with van der Waals surface area (Å²) in [6, 6.07) is 3.35. The van der Waals surface area contributed by atoms with Gasteiger partial charge in [0.2, 0.25) is 0 Å². The van der Waals surface area contributed by atoms with Crippen LogP contribution in [0.5, 0.6) is 11.5 Å². The van der Waals surface area contributed by atoms with Crippen LogP contribution in [-0.2, 0) is 0 Å². The van der Waals surface area contributed by atoms with Crippen LogP contribution in [0, 0.1) is 0 Å². The molecule has 0 bridgehead atoms. The largest absolute Gasteiger partial charge is 0.496 e. The Balaban J connectivity index is 3.31. The van der Waals surface area contributed by atoms with Crippen LogP contribution in [0.1, 0.15) is 10.4 Å². The van der Waals surface area contributed by atoms with Gasteiger partial charge in [-0.1, -0.05) is 0 Å². The minimum absolute atomic E-state index is 0.347. The molecule has 0 atom stereocenters. The number of hydrogen-bond donors (Lipinski definition) is 2. The smallest absolute Gasteiger partial charge is 0.269 e. The van der Waals surface area contributed by atoms with E-state index in [9.17, 15) is 4.79 Å². The molecule has 1 rings (SSSR count). The molecule has 6 heteroatoms. The van der Waals surface area contributed by atoms with Crippen LogP contribution in [0.25, 0.3) is 0 Å². The number of hydrogen-bond acceptors (Lipinski definition) is 5. The first-order chi connectivity index (χ1) is 7.67. The van der Waals surface area contributed by atoms with E-state index in [1.165, 1.54) is 18.9 Å². The van der Waals surface area contributed by atoms with Crippen molar-refractivity contribution in [2.45, 2.75) is 4.90 Å². The van der Waals surface area contributed by atoms with Gasteiger partial charge < -0.3 is 9.47 Å². The van der Waals surface area contributed by atoms with Crippen LogP contribution in [0.15, 0.2) is 17.0 Å². The highest BCUT2D eigenvalue weighted by Crippen LogP contribution is 2.34. The number of carbonyl (C=O) groups is 1. The number of ether oxygens (including phenoxy) is 2. The Bertz CT molecular complexity index is 396. The lowest BCUT2D eigenvalue weighted by molar-refractivity contribution is 0.0950.